The predicted molar refractivity (Wildman–Crippen MR) is 96.1 cm³/mol. The van der Waals surface area contributed by atoms with Crippen LogP contribution in [0.1, 0.15) is 44.8 Å². The van der Waals surface area contributed by atoms with E-state index in [9.17, 15) is 0 Å². The second-order valence-corrected chi connectivity index (χ2v) is 7.28. The zero-order valence-corrected chi connectivity index (χ0v) is 18.0. The van der Waals surface area contributed by atoms with Crippen LogP contribution in [-0.4, -0.2) is 0 Å². The molecule has 3 heteroatoms. The van der Waals surface area contributed by atoms with Crippen molar-refractivity contribution in [1.29, 1.82) is 0 Å². The summed E-state index contributed by atoms with van der Waals surface area (Å²) in [5.41, 5.74) is 1.04. The van der Waals surface area contributed by atoms with Crippen LogP contribution < -0.4 is 0 Å². The monoisotopic (exact) mass is 502 g/mol. The quantitative estimate of drug-likeness (QED) is 0.373. The summed E-state index contributed by atoms with van der Waals surface area (Å²) >= 11 is 9.72. The minimum absolute atomic E-state index is 0. The van der Waals surface area contributed by atoms with Crippen LogP contribution >= 0.6 is 0 Å². The van der Waals surface area contributed by atoms with E-state index in [0.29, 0.717) is 0 Å². The van der Waals surface area contributed by atoms with Gasteiger partial charge in [-0.3, -0.25) is 4.58 Å². The Bertz CT molecular complexity index is 322. The molecule has 0 aliphatic heterocycles. The number of hydrogen-bond acceptors (Lipinski definition) is 2. The van der Waals surface area contributed by atoms with Crippen LogP contribution in [0.2, 0.25) is 0 Å². The summed E-state index contributed by atoms with van der Waals surface area (Å²) in [4.78, 5) is 0. The molecule has 21 heavy (non-hydrogen) atoms. The average molecular weight is 502 g/mol. The van der Waals surface area contributed by atoms with Crippen molar-refractivity contribution in [2.24, 2.45) is 29.6 Å². The maximum absolute atomic E-state index is 4.86. The molecule has 0 bridgehead atoms. The van der Waals surface area contributed by atoms with E-state index in [1.54, 1.807) is 0 Å². The molecule has 2 rings (SSSR count). The Morgan fingerprint density at radius 2 is 1.00 bits per heavy atom. The zero-order valence-electron chi connectivity index (χ0n) is 14.0. The van der Waals surface area contributed by atoms with Gasteiger partial charge < -0.3 is 32.7 Å². The Morgan fingerprint density at radius 1 is 0.714 bits per heavy atom. The molecule has 1 aliphatic rings. The van der Waals surface area contributed by atoms with E-state index in [1.807, 2.05) is 30.3 Å². The van der Waals surface area contributed by atoms with Gasteiger partial charge in [-0.05, 0) is 29.6 Å². The topological polar surface area (TPSA) is 0 Å². The van der Waals surface area contributed by atoms with Gasteiger partial charge in [-0.25, -0.2) is 0 Å². The van der Waals surface area contributed by atoms with Gasteiger partial charge in [0, 0.05) is 0 Å². The molecule has 122 valence electrons. The van der Waals surface area contributed by atoms with Crippen LogP contribution in [0.25, 0.3) is 0 Å². The van der Waals surface area contributed by atoms with E-state index in [-0.39, 0.29) is 32.1 Å². The van der Waals surface area contributed by atoms with Gasteiger partial charge in [-0.1, -0.05) is 70.5 Å². The smallest absolute Gasteiger partial charge is 0.810 e. The molecule has 1 aromatic rings. The van der Waals surface area contributed by atoms with E-state index < -0.39 is 0 Å². The third kappa shape index (κ3) is 6.69. The Balaban J connectivity index is 0. The van der Waals surface area contributed by atoms with Crippen LogP contribution in [0.15, 0.2) is 30.3 Å². The Kier molecular flexibility index (Phi) is 12.7. The second kappa shape index (κ2) is 11.2. The van der Waals surface area contributed by atoms with Crippen LogP contribution in [0, 0.1) is 37.0 Å². The first-order valence-corrected chi connectivity index (χ1v) is 8.17. The first-order chi connectivity index (χ1) is 8.86. The van der Waals surface area contributed by atoms with Crippen molar-refractivity contribution in [3.05, 3.63) is 43.3 Å². The van der Waals surface area contributed by atoms with Crippen LogP contribution in [-0.2, 0) is 45.4 Å². The molecule has 0 nitrogen and oxygen atoms in total. The molecule has 0 heterocycles. The molecular formula is C18H29IrS2. The third-order valence-electron chi connectivity index (χ3n) is 5.22. The van der Waals surface area contributed by atoms with Gasteiger partial charge in [0.1, 0.15) is 0 Å². The zero-order chi connectivity index (χ0) is 14.6. The predicted octanol–water partition coefficient (Wildman–Crippen LogP) is 5.41. The van der Waals surface area contributed by atoms with E-state index in [2.05, 4.69) is 34.6 Å². The molecular weight excluding hydrogens is 473 g/mol. The van der Waals surface area contributed by atoms with Crippen molar-refractivity contribution in [3.63, 3.8) is 0 Å². The summed E-state index contributed by atoms with van der Waals surface area (Å²) in [6.45, 7) is 12.0. The van der Waals surface area contributed by atoms with Gasteiger partial charge in [-0.15, -0.1) is 0 Å². The number of hydrogen-bond donors (Lipinski definition) is 0. The fraction of sp³-hybridized carbons (Fsp3) is 0.611. The second-order valence-electron chi connectivity index (χ2n) is 6.04. The normalized spacial score (nSPS) is 30.8. The van der Waals surface area contributed by atoms with Gasteiger partial charge in [-0.2, -0.15) is 0 Å². The van der Waals surface area contributed by atoms with Crippen molar-refractivity contribution >= 4 is 25.3 Å². The number of benzene rings is 1. The van der Waals surface area contributed by atoms with E-state index >= 15 is 0 Å². The molecule has 0 atom stereocenters. The van der Waals surface area contributed by atoms with Crippen molar-refractivity contribution < 1.29 is 20.1 Å². The maximum Gasteiger partial charge on any atom is 3.00 e. The number of rotatable bonds is 1. The molecule has 0 spiro atoms. The van der Waals surface area contributed by atoms with Crippen molar-refractivity contribution in [2.45, 2.75) is 39.2 Å². The Hall–Kier alpha value is 0.569. The summed E-state index contributed by atoms with van der Waals surface area (Å²) in [5.74, 6) is 4.68. The van der Waals surface area contributed by atoms with Crippen molar-refractivity contribution in [2.75, 3.05) is 0 Å². The molecule has 0 radical (unpaired) electrons. The van der Waals surface area contributed by atoms with Gasteiger partial charge in [0.05, 0.1) is 0 Å². The Labute approximate surface area is 157 Å². The molecule has 1 saturated carbocycles. The Morgan fingerprint density at radius 3 is 1.19 bits per heavy atom. The first kappa shape index (κ1) is 23.8. The summed E-state index contributed by atoms with van der Waals surface area (Å²) < 4.78 is -0.175. The first-order valence-electron chi connectivity index (χ1n) is 7.22. The summed E-state index contributed by atoms with van der Waals surface area (Å²) in [6, 6.07) is 9.74. The van der Waals surface area contributed by atoms with Gasteiger partial charge in [0.15, 0.2) is 0 Å². The van der Waals surface area contributed by atoms with Gasteiger partial charge >= 0.3 is 20.1 Å². The summed E-state index contributed by atoms with van der Waals surface area (Å²) in [5, 5.41) is 0. The molecule has 0 amide bonds. The molecule has 0 aromatic heterocycles. The van der Waals surface area contributed by atoms with Crippen molar-refractivity contribution in [1.82, 2.24) is 0 Å². The fourth-order valence-corrected chi connectivity index (χ4v) is 3.32. The molecule has 1 aliphatic carbocycles. The molecule has 1 aromatic carbocycles. The fourth-order valence-electron chi connectivity index (χ4n) is 3.00. The molecule has 0 N–H and O–H groups in total. The van der Waals surface area contributed by atoms with E-state index in [4.69, 9.17) is 25.3 Å². The molecule has 0 saturated heterocycles. The van der Waals surface area contributed by atoms with E-state index in [0.717, 1.165) is 35.2 Å². The van der Waals surface area contributed by atoms with E-state index in [1.165, 1.54) is 0 Å². The standard InChI is InChI=1S/C10H20.C7H8S2.CH3.Ir/c1-6-7(2)9(4)10(5)8(6)3;8-7(9)6-4-2-1-3-5-6;;/h6-10H,1-5H3;1-5,7-9H;1H3;/q;;-1;+3/p-2. The third-order valence-corrected chi connectivity index (χ3v) is 5.76. The maximum atomic E-state index is 4.86. The van der Waals surface area contributed by atoms with Crippen LogP contribution in [0.5, 0.6) is 0 Å². The summed E-state index contributed by atoms with van der Waals surface area (Å²) in [7, 11) is 0. The van der Waals surface area contributed by atoms with Gasteiger partial charge in [0.2, 0.25) is 0 Å². The minimum atomic E-state index is -0.175. The SMILES string of the molecule is CC1C(C)C(C)C(C)C1C.[CH3-].[Ir+3].[S-]C([S-])c1ccccc1. The van der Waals surface area contributed by atoms with Crippen LogP contribution in [0.4, 0.5) is 0 Å². The summed E-state index contributed by atoms with van der Waals surface area (Å²) in [6.07, 6.45) is 0. The van der Waals surface area contributed by atoms with Gasteiger partial charge in [0.25, 0.3) is 0 Å². The average Bonchev–Trinajstić information content (AvgIpc) is 2.59. The van der Waals surface area contributed by atoms with Crippen LogP contribution in [0.3, 0.4) is 0 Å². The largest absolute Gasteiger partial charge is 3.00 e. The molecule has 1 fully saturated rings. The minimum Gasteiger partial charge on any atom is -0.810 e. The molecule has 0 unspecified atom stereocenters. The van der Waals surface area contributed by atoms with Crippen molar-refractivity contribution in [3.8, 4) is 0 Å².